The predicted octanol–water partition coefficient (Wildman–Crippen LogP) is 1.57. The lowest BCUT2D eigenvalue weighted by atomic mass is 9.85. The van der Waals surface area contributed by atoms with E-state index in [4.69, 9.17) is 0 Å². The highest BCUT2D eigenvalue weighted by Crippen LogP contribution is 2.22. The van der Waals surface area contributed by atoms with Crippen molar-refractivity contribution in [3.8, 4) is 0 Å². The number of nitrogens with zero attached hydrogens (tertiary/aromatic N) is 1. The summed E-state index contributed by atoms with van der Waals surface area (Å²) in [5.74, 6) is 0. The van der Waals surface area contributed by atoms with Gasteiger partial charge in [0.1, 0.15) is 0 Å². The molecule has 0 radical (unpaired) electrons. The molecule has 0 heterocycles. The monoisotopic (exact) mass is 172 g/mol. The summed E-state index contributed by atoms with van der Waals surface area (Å²) in [5.41, 5.74) is 0.437. The van der Waals surface area contributed by atoms with Crippen LogP contribution in [0.3, 0.4) is 0 Å². The Morgan fingerprint density at radius 1 is 1.33 bits per heavy atom. The highest BCUT2D eigenvalue weighted by atomic mass is 15.1. The third-order valence-corrected chi connectivity index (χ3v) is 2.16. The van der Waals surface area contributed by atoms with Crippen molar-refractivity contribution in [2.75, 3.05) is 34.2 Å². The first-order chi connectivity index (χ1) is 5.54. The molecule has 2 heteroatoms. The zero-order chi connectivity index (χ0) is 9.61. The Kier molecular flexibility index (Phi) is 5.51. The molecule has 0 fully saturated rings. The van der Waals surface area contributed by atoms with Gasteiger partial charge < -0.3 is 10.2 Å². The van der Waals surface area contributed by atoms with Gasteiger partial charge >= 0.3 is 0 Å². The smallest absolute Gasteiger partial charge is 0.00414 e. The summed E-state index contributed by atoms with van der Waals surface area (Å²) >= 11 is 0. The van der Waals surface area contributed by atoms with Crippen molar-refractivity contribution in [2.24, 2.45) is 5.41 Å². The first-order valence-electron chi connectivity index (χ1n) is 4.83. The lowest BCUT2D eigenvalue weighted by Crippen LogP contribution is -2.38. The molecule has 0 aliphatic rings. The van der Waals surface area contributed by atoms with E-state index in [0.29, 0.717) is 5.41 Å². The van der Waals surface area contributed by atoms with Gasteiger partial charge in [0, 0.05) is 13.1 Å². The van der Waals surface area contributed by atoms with Gasteiger partial charge in [-0.1, -0.05) is 20.3 Å². The van der Waals surface area contributed by atoms with Crippen LogP contribution in [0.1, 0.15) is 26.7 Å². The maximum Gasteiger partial charge on any atom is 0.00414 e. The van der Waals surface area contributed by atoms with E-state index in [9.17, 15) is 0 Å². The molecule has 0 aromatic heterocycles. The van der Waals surface area contributed by atoms with Crippen molar-refractivity contribution in [2.45, 2.75) is 26.7 Å². The molecule has 74 valence electrons. The minimum absolute atomic E-state index is 0.437. The molecule has 0 saturated heterocycles. The third-order valence-electron chi connectivity index (χ3n) is 2.16. The first kappa shape index (κ1) is 11.9. The minimum atomic E-state index is 0.437. The van der Waals surface area contributed by atoms with Gasteiger partial charge in [0.2, 0.25) is 0 Å². The zero-order valence-corrected chi connectivity index (χ0v) is 9.28. The van der Waals surface area contributed by atoms with E-state index in [2.05, 4.69) is 38.2 Å². The SMILES string of the molecule is CCCC(C)(CNC)CN(C)C. The van der Waals surface area contributed by atoms with Gasteiger partial charge in [-0.2, -0.15) is 0 Å². The molecule has 0 rings (SSSR count). The van der Waals surface area contributed by atoms with Crippen LogP contribution in [0.5, 0.6) is 0 Å². The summed E-state index contributed by atoms with van der Waals surface area (Å²) < 4.78 is 0. The van der Waals surface area contributed by atoms with Crippen molar-refractivity contribution in [3.63, 3.8) is 0 Å². The molecular formula is C10H24N2. The molecule has 0 aromatic rings. The van der Waals surface area contributed by atoms with Crippen LogP contribution in [0.4, 0.5) is 0 Å². The van der Waals surface area contributed by atoms with E-state index < -0.39 is 0 Å². The van der Waals surface area contributed by atoms with Crippen molar-refractivity contribution in [3.05, 3.63) is 0 Å². The Morgan fingerprint density at radius 2 is 1.92 bits per heavy atom. The van der Waals surface area contributed by atoms with Gasteiger partial charge in [-0.05, 0) is 33.0 Å². The van der Waals surface area contributed by atoms with Gasteiger partial charge in [0.15, 0.2) is 0 Å². The summed E-state index contributed by atoms with van der Waals surface area (Å²) in [6, 6.07) is 0. The van der Waals surface area contributed by atoms with Gasteiger partial charge in [-0.25, -0.2) is 0 Å². The maximum absolute atomic E-state index is 3.27. The Morgan fingerprint density at radius 3 is 2.25 bits per heavy atom. The molecule has 0 aliphatic heterocycles. The molecular weight excluding hydrogens is 148 g/mol. The third kappa shape index (κ3) is 4.73. The van der Waals surface area contributed by atoms with Gasteiger partial charge in [-0.3, -0.25) is 0 Å². The van der Waals surface area contributed by atoms with E-state index in [1.165, 1.54) is 19.4 Å². The highest BCUT2D eigenvalue weighted by Gasteiger charge is 2.22. The van der Waals surface area contributed by atoms with Crippen LogP contribution in [0.25, 0.3) is 0 Å². The Hall–Kier alpha value is -0.0800. The molecule has 12 heavy (non-hydrogen) atoms. The van der Waals surface area contributed by atoms with E-state index in [-0.39, 0.29) is 0 Å². The quantitative estimate of drug-likeness (QED) is 0.654. The second-order valence-electron chi connectivity index (χ2n) is 4.33. The second kappa shape index (κ2) is 5.55. The minimum Gasteiger partial charge on any atom is -0.319 e. The molecule has 1 atom stereocenters. The fraction of sp³-hybridized carbons (Fsp3) is 1.00. The average Bonchev–Trinajstić information content (AvgIpc) is 1.85. The predicted molar refractivity (Wildman–Crippen MR) is 55.5 cm³/mol. The molecule has 0 amide bonds. The fourth-order valence-corrected chi connectivity index (χ4v) is 2.02. The molecule has 1 N–H and O–H groups in total. The normalized spacial score (nSPS) is 16.5. The highest BCUT2D eigenvalue weighted by molar-refractivity contribution is 4.78. The summed E-state index contributed by atoms with van der Waals surface area (Å²) in [6.07, 6.45) is 2.57. The number of hydrogen-bond donors (Lipinski definition) is 1. The Balaban J connectivity index is 3.98. The van der Waals surface area contributed by atoms with Crippen LogP contribution < -0.4 is 5.32 Å². The molecule has 0 saturated carbocycles. The molecule has 0 spiro atoms. The Labute approximate surface area is 77.3 Å². The summed E-state index contributed by atoms with van der Waals surface area (Å²) in [5, 5.41) is 3.27. The summed E-state index contributed by atoms with van der Waals surface area (Å²) in [7, 11) is 6.32. The van der Waals surface area contributed by atoms with Crippen LogP contribution in [-0.4, -0.2) is 39.1 Å². The second-order valence-corrected chi connectivity index (χ2v) is 4.33. The standard InChI is InChI=1S/C10H24N2/c1-6-7-10(2,8-11-3)9-12(4)5/h11H,6-9H2,1-5H3. The van der Waals surface area contributed by atoms with Crippen molar-refractivity contribution in [1.29, 1.82) is 0 Å². The number of nitrogens with one attached hydrogen (secondary N) is 1. The van der Waals surface area contributed by atoms with Crippen LogP contribution >= 0.6 is 0 Å². The lowest BCUT2D eigenvalue weighted by Gasteiger charge is -2.32. The molecule has 0 aliphatic carbocycles. The summed E-state index contributed by atoms with van der Waals surface area (Å²) in [4.78, 5) is 2.27. The molecule has 1 unspecified atom stereocenters. The van der Waals surface area contributed by atoms with Crippen molar-refractivity contribution >= 4 is 0 Å². The number of hydrogen-bond acceptors (Lipinski definition) is 2. The van der Waals surface area contributed by atoms with E-state index in [1.807, 2.05) is 7.05 Å². The summed E-state index contributed by atoms with van der Waals surface area (Å²) in [6.45, 7) is 6.89. The first-order valence-corrected chi connectivity index (χ1v) is 4.83. The fourth-order valence-electron chi connectivity index (χ4n) is 2.02. The molecule has 2 nitrogen and oxygen atoms in total. The molecule has 0 aromatic carbocycles. The van der Waals surface area contributed by atoms with Gasteiger partial charge in [0.25, 0.3) is 0 Å². The van der Waals surface area contributed by atoms with E-state index in [0.717, 1.165) is 6.54 Å². The average molecular weight is 172 g/mol. The van der Waals surface area contributed by atoms with E-state index >= 15 is 0 Å². The van der Waals surface area contributed by atoms with Crippen LogP contribution in [0.2, 0.25) is 0 Å². The van der Waals surface area contributed by atoms with Crippen LogP contribution in [0.15, 0.2) is 0 Å². The van der Waals surface area contributed by atoms with Crippen molar-refractivity contribution < 1.29 is 0 Å². The van der Waals surface area contributed by atoms with Crippen LogP contribution in [0, 0.1) is 5.41 Å². The van der Waals surface area contributed by atoms with Gasteiger partial charge in [0.05, 0.1) is 0 Å². The molecule has 0 bridgehead atoms. The Bertz CT molecular complexity index is 104. The maximum atomic E-state index is 3.27. The number of rotatable bonds is 6. The zero-order valence-electron chi connectivity index (χ0n) is 9.28. The largest absolute Gasteiger partial charge is 0.319 e. The van der Waals surface area contributed by atoms with E-state index in [1.54, 1.807) is 0 Å². The lowest BCUT2D eigenvalue weighted by molar-refractivity contribution is 0.198. The van der Waals surface area contributed by atoms with Gasteiger partial charge in [-0.15, -0.1) is 0 Å². The van der Waals surface area contributed by atoms with Crippen molar-refractivity contribution in [1.82, 2.24) is 10.2 Å². The topological polar surface area (TPSA) is 15.3 Å². The van der Waals surface area contributed by atoms with Crippen LogP contribution in [-0.2, 0) is 0 Å².